The van der Waals surface area contributed by atoms with Crippen molar-refractivity contribution in [2.75, 3.05) is 19.7 Å². The van der Waals surface area contributed by atoms with Gasteiger partial charge in [0.2, 0.25) is 0 Å². The molecule has 4 nitrogen and oxygen atoms in total. The van der Waals surface area contributed by atoms with Gasteiger partial charge in [0.15, 0.2) is 0 Å². The fourth-order valence-corrected chi connectivity index (χ4v) is 3.42. The predicted octanol–water partition coefficient (Wildman–Crippen LogP) is 1.88. The van der Waals surface area contributed by atoms with Gasteiger partial charge >= 0.3 is 0 Å². The molecule has 0 bridgehead atoms. The summed E-state index contributed by atoms with van der Waals surface area (Å²) in [6.07, 6.45) is 3.51. The highest BCUT2D eigenvalue weighted by atomic mass is 32.1. The van der Waals surface area contributed by atoms with E-state index >= 15 is 0 Å². The maximum atomic E-state index is 6.00. The van der Waals surface area contributed by atoms with E-state index in [4.69, 9.17) is 9.47 Å². The highest BCUT2D eigenvalue weighted by Crippen LogP contribution is 2.35. The monoisotopic (exact) mass is 268 g/mol. The summed E-state index contributed by atoms with van der Waals surface area (Å²) < 4.78 is 11.9. The van der Waals surface area contributed by atoms with Crippen molar-refractivity contribution in [1.82, 2.24) is 10.3 Å². The summed E-state index contributed by atoms with van der Waals surface area (Å²) in [6, 6.07) is 0. The summed E-state index contributed by atoms with van der Waals surface area (Å²) in [5.41, 5.74) is 1.14. The van der Waals surface area contributed by atoms with Gasteiger partial charge in [-0.15, -0.1) is 11.3 Å². The Balaban J connectivity index is 1.50. The Labute approximate surface area is 112 Å². The number of hydrogen-bond acceptors (Lipinski definition) is 5. The van der Waals surface area contributed by atoms with Gasteiger partial charge in [-0.05, 0) is 32.9 Å². The molecule has 2 aliphatic heterocycles. The van der Waals surface area contributed by atoms with Crippen LogP contribution in [-0.4, -0.2) is 36.4 Å². The molecular weight excluding hydrogens is 248 g/mol. The number of aryl methyl sites for hydroxylation is 1. The predicted molar refractivity (Wildman–Crippen MR) is 70.8 cm³/mol. The summed E-state index contributed by atoms with van der Waals surface area (Å²) in [6.45, 7) is 5.52. The molecule has 0 radical (unpaired) electrons. The lowest BCUT2D eigenvalue weighted by atomic mass is 9.89. The van der Waals surface area contributed by atoms with Crippen LogP contribution in [0.1, 0.15) is 30.0 Å². The van der Waals surface area contributed by atoms with Gasteiger partial charge in [0.1, 0.15) is 0 Å². The minimum absolute atomic E-state index is 0.0912. The Morgan fingerprint density at radius 2 is 2.39 bits per heavy atom. The Bertz CT molecular complexity index is 401. The zero-order valence-electron chi connectivity index (χ0n) is 10.8. The molecule has 0 amide bonds. The second-order valence-electron chi connectivity index (χ2n) is 5.24. The van der Waals surface area contributed by atoms with Gasteiger partial charge in [-0.2, -0.15) is 0 Å². The molecule has 2 fully saturated rings. The van der Waals surface area contributed by atoms with E-state index in [-0.39, 0.29) is 11.7 Å². The van der Waals surface area contributed by atoms with Crippen LogP contribution in [0.4, 0.5) is 0 Å². The van der Waals surface area contributed by atoms with Crippen LogP contribution in [0.2, 0.25) is 0 Å². The van der Waals surface area contributed by atoms with E-state index in [1.165, 1.54) is 0 Å². The molecule has 3 heterocycles. The van der Waals surface area contributed by atoms with Gasteiger partial charge in [-0.3, -0.25) is 0 Å². The van der Waals surface area contributed by atoms with Gasteiger partial charge in [-0.1, -0.05) is 0 Å². The summed E-state index contributed by atoms with van der Waals surface area (Å²) >= 11 is 1.68. The van der Waals surface area contributed by atoms with Crippen LogP contribution >= 0.6 is 11.3 Å². The zero-order valence-corrected chi connectivity index (χ0v) is 11.6. The summed E-state index contributed by atoms with van der Waals surface area (Å²) in [4.78, 5) is 4.42. The van der Waals surface area contributed by atoms with E-state index in [2.05, 4.69) is 15.7 Å². The lowest BCUT2D eigenvalue weighted by Gasteiger charge is -2.32. The summed E-state index contributed by atoms with van der Waals surface area (Å²) in [5.74, 6) is 0. The Morgan fingerprint density at radius 3 is 3.11 bits per heavy atom. The Hall–Kier alpha value is -0.490. The topological polar surface area (TPSA) is 43.4 Å². The molecule has 1 N–H and O–H groups in total. The second-order valence-corrected chi connectivity index (χ2v) is 6.30. The van der Waals surface area contributed by atoms with Crippen molar-refractivity contribution in [3.8, 4) is 0 Å². The molecule has 0 aromatic carbocycles. The highest BCUT2D eigenvalue weighted by molar-refractivity contribution is 7.09. The van der Waals surface area contributed by atoms with Gasteiger partial charge in [-0.25, -0.2) is 4.98 Å². The maximum Gasteiger partial charge on any atom is 0.0901 e. The third-order valence-corrected chi connectivity index (χ3v) is 4.65. The molecule has 1 atom stereocenters. The largest absolute Gasteiger partial charge is 0.372 e. The van der Waals surface area contributed by atoms with Crippen molar-refractivity contribution in [2.24, 2.45) is 0 Å². The molecular formula is C13H20N2O2S. The van der Waals surface area contributed by atoms with Crippen LogP contribution in [0.25, 0.3) is 0 Å². The number of thiazole rings is 1. The Kier molecular flexibility index (Phi) is 3.66. The van der Waals surface area contributed by atoms with E-state index in [0.717, 1.165) is 49.7 Å². The number of hydrogen-bond donors (Lipinski definition) is 1. The third kappa shape index (κ3) is 2.74. The lowest BCUT2D eigenvalue weighted by molar-refractivity contribution is -0.0241. The van der Waals surface area contributed by atoms with Crippen molar-refractivity contribution in [3.05, 3.63) is 16.1 Å². The highest BCUT2D eigenvalue weighted by Gasteiger charge is 2.41. The van der Waals surface area contributed by atoms with Crippen LogP contribution in [0, 0.1) is 6.92 Å². The van der Waals surface area contributed by atoms with Crippen LogP contribution in [0.3, 0.4) is 0 Å². The SMILES string of the molecule is Cc1nc(COC2COC3(CCNCC3)C2)cs1. The minimum Gasteiger partial charge on any atom is -0.372 e. The molecule has 18 heavy (non-hydrogen) atoms. The molecule has 1 aromatic rings. The van der Waals surface area contributed by atoms with Gasteiger partial charge < -0.3 is 14.8 Å². The van der Waals surface area contributed by atoms with Crippen molar-refractivity contribution in [2.45, 2.75) is 44.5 Å². The molecule has 1 aromatic heterocycles. The first-order valence-electron chi connectivity index (χ1n) is 6.63. The summed E-state index contributed by atoms with van der Waals surface area (Å²) in [5, 5.41) is 6.56. The van der Waals surface area contributed by atoms with E-state index in [1.54, 1.807) is 11.3 Å². The first kappa shape index (κ1) is 12.5. The number of nitrogens with one attached hydrogen (secondary N) is 1. The third-order valence-electron chi connectivity index (χ3n) is 3.82. The fraction of sp³-hybridized carbons (Fsp3) is 0.769. The molecule has 100 valence electrons. The van der Waals surface area contributed by atoms with Gasteiger partial charge in [0, 0.05) is 11.8 Å². The number of piperidine rings is 1. The minimum atomic E-state index is 0.0912. The van der Waals surface area contributed by atoms with Crippen molar-refractivity contribution in [1.29, 1.82) is 0 Å². The number of ether oxygens (including phenoxy) is 2. The number of rotatable bonds is 3. The maximum absolute atomic E-state index is 6.00. The quantitative estimate of drug-likeness (QED) is 0.909. The first-order valence-corrected chi connectivity index (χ1v) is 7.51. The molecule has 0 aliphatic carbocycles. The van der Waals surface area contributed by atoms with Crippen LogP contribution in [-0.2, 0) is 16.1 Å². The average molecular weight is 268 g/mol. The van der Waals surface area contributed by atoms with Gasteiger partial charge in [0.25, 0.3) is 0 Å². The van der Waals surface area contributed by atoms with Crippen molar-refractivity contribution >= 4 is 11.3 Å². The number of aromatic nitrogens is 1. The fourth-order valence-electron chi connectivity index (χ4n) is 2.82. The first-order chi connectivity index (χ1) is 8.76. The molecule has 5 heteroatoms. The zero-order chi connectivity index (χ0) is 12.4. The number of nitrogens with zero attached hydrogens (tertiary/aromatic N) is 1. The van der Waals surface area contributed by atoms with Crippen LogP contribution < -0.4 is 5.32 Å². The van der Waals surface area contributed by atoms with Crippen molar-refractivity contribution in [3.63, 3.8) is 0 Å². The van der Waals surface area contributed by atoms with Crippen LogP contribution in [0.5, 0.6) is 0 Å². The molecule has 0 saturated carbocycles. The average Bonchev–Trinajstić information content (AvgIpc) is 2.96. The molecule has 1 unspecified atom stereocenters. The summed E-state index contributed by atoms with van der Waals surface area (Å²) in [7, 11) is 0. The van der Waals surface area contributed by atoms with Crippen molar-refractivity contribution < 1.29 is 9.47 Å². The van der Waals surface area contributed by atoms with Gasteiger partial charge in [0.05, 0.1) is 35.6 Å². The smallest absolute Gasteiger partial charge is 0.0901 e. The molecule has 2 saturated heterocycles. The lowest BCUT2D eigenvalue weighted by Crippen LogP contribution is -2.41. The molecule has 1 spiro atoms. The van der Waals surface area contributed by atoms with E-state index in [1.807, 2.05) is 6.92 Å². The molecule has 3 rings (SSSR count). The van der Waals surface area contributed by atoms with E-state index in [0.29, 0.717) is 6.61 Å². The Morgan fingerprint density at radius 1 is 1.56 bits per heavy atom. The standard InChI is InChI=1S/C13H20N2O2S/c1-10-15-11(9-18-10)7-16-12-6-13(17-8-12)2-4-14-5-3-13/h9,12,14H,2-8H2,1H3. The second kappa shape index (κ2) is 5.25. The molecule has 2 aliphatic rings. The normalized spacial score (nSPS) is 26.8. The van der Waals surface area contributed by atoms with E-state index in [9.17, 15) is 0 Å². The van der Waals surface area contributed by atoms with E-state index < -0.39 is 0 Å². The van der Waals surface area contributed by atoms with Crippen LogP contribution in [0.15, 0.2) is 5.38 Å².